The molecule has 2 aromatic rings. The van der Waals surface area contributed by atoms with Crippen LogP contribution < -0.4 is 9.47 Å². The zero-order valence-electron chi connectivity index (χ0n) is 17.2. The highest BCUT2D eigenvalue weighted by atomic mass is 16.6. The maximum atomic E-state index is 10.3. The third-order valence-electron chi connectivity index (χ3n) is 5.95. The van der Waals surface area contributed by atoms with Gasteiger partial charge in [-0.25, -0.2) is 0 Å². The standard InChI is InChI=1S/C24H30O5/c1-3-16-4-6-17(7-5-16)10-18-11-21(22-13-19(26)12-20(14-25)29-22)24-23(15(18)2)27-8-9-28-24/h4-7,11,19-20,22,25-26H,3,8-10,12-14H2,1-2H3. The first kappa shape index (κ1) is 20.2. The van der Waals surface area contributed by atoms with Crippen molar-refractivity contribution in [3.63, 3.8) is 0 Å². The largest absolute Gasteiger partial charge is 0.486 e. The molecule has 5 heteroatoms. The molecule has 0 aromatic heterocycles. The summed E-state index contributed by atoms with van der Waals surface area (Å²) in [6.07, 6.45) is 1.56. The number of aliphatic hydroxyl groups excluding tert-OH is 2. The molecule has 156 valence electrons. The highest BCUT2D eigenvalue weighted by Gasteiger charge is 2.33. The lowest BCUT2D eigenvalue weighted by Crippen LogP contribution is -2.34. The van der Waals surface area contributed by atoms with Crippen LogP contribution in [0, 0.1) is 6.92 Å². The highest BCUT2D eigenvalue weighted by molar-refractivity contribution is 5.57. The number of hydrogen-bond donors (Lipinski definition) is 2. The van der Waals surface area contributed by atoms with Crippen molar-refractivity contribution < 1.29 is 24.4 Å². The van der Waals surface area contributed by atoms with Crippen molar-refractivity contribution in [3.8, 4) is 11.5 Å². The van der Waals surface area contributed by atoms with E-state index in [4.69, 9.17) is 14.2 Å². The minimum absolute atomic E-state index is 0.102. The Hall–Kier alpha value is -2.08. The van der Waals surface area contributed by atoms with Gasteiger partial charge in [0.2, 0.25) is 0 Å². The SMILES string of the molecule is CCc1ccc(Cc2cc(C3CC(O)CC(CO)O3)c3c(c2C)OCCO3)cc1. The fraction of sp³-hybridized carbons (Fsp3) is 0.500. The second-order valence-corrected chi connectivity index (χ2v) is 8.01. The summed E-state index contributed by atoms with van der Waals surface area (Å²) in [6, 6.07) is 10.8. The van der Waals surface area contributed by atoms with Gasteiger partial charge in [-0.1, -0.05) is 31.2 Å². The van der Waals surface area contributed by atoms with Crippen LogP contribution in [-0.2, 0) is 17.6 Å². The molecule has 0 spiro atoms. The summed E-state index contributed by atoms with van der Waals surface area (Å²) in [4.78, 5) is 0. The molecule has 2 aliphatic rings. The van der Waals surface area contributed by atoms with Gasteiger partial charge >= 0.3 is 0 Å². The molecule has 2 N–H and O–H groups in total. The summed E-state index contributed by atoms with van der Waals surface area (Å²) >= 11 is 0. The number of hydrogen-bond acceptors (Lipinski definition) is 5. The maximum Gasteiger partial charge on any atom is 0.167 e. The first-order valence-electron chi connectivity index (χ1n) is 10.5. The lowest BCUT2D eigenvalue weighted by molar-refractivity contribution is -0.114. The van der Waals surface area contributed by atoms with Crippen molar-refractivity contribution in [1.29, 1.82) is 0 Å². The molecule has 2 aliphatic heterocycles. The molecule has 0 saturated carbocycles. The van der Waals surface area contributed by atoms with Gasteiger partial charge in [0.15, 0.2) is 11.5 Å². The van der Waals surface area contributed by atoms with Crippen LogP contribution in [0.1, 0.15) is 53.7 Å². The van der Waals surface area contributed by atoms with E-state index in [2.05, 4.69) is 44.2 Å². The normalized spacial score (nSPS) is 23.8. The molecule has 29 heavy (non-hydrogen) atoms. The molecule has 0 radical (unpaired) electrons. The Morgan fingerprint density at radius 1 is 1.00 bits per heavy atom. The third-order valence-corrected chi connectivity index (χ3v) is 5.95. The van der Waals surface area contributed by atoms with Crippen LogP contribution in [0.4, 0.5) is 0 Å². The van der Waals surface area contributed by atoms with E-state index in [0.717, 1.165) is 41.0 Å². The van der Waals surface area contributed by atoms with Crippen molar-refractivity contribution in [2.24, 2.45) is 0 Å². The minimum Gasteiger partial charge on any atom is -0.486 e. The van der Waals surface area contributed by atoms with Gasteiger partial charge in [0, 0.05) is 18.4 Å². The van der Waals surface area contributed by atoms with Crippen LogP contribution >= 0.6 is 0 Å². The summed E-state index contributed by atoms with van der Waals surface area (Å²) in [6.45, 7) is 5.14. The molecule has 4 rings (SSSR count). The Labute approximate surface area is 172 Å². The molecule has 0 bridgehead atoms. The molecule has 0 aliphatic carbocycles. The van der Waals surface area contributed by atoms with Gasteiger partial charge in [0.1, 0.15) is 13.2 Å². The smallest absolute Gasteiger partial charge is 0.167 e. The zero-order valence-corrected chi connectivity index (χ0v) is 17.2. The van der Waals surface area contributed by atoms with Crippen molar-refractivity contribution >= 4 is 0 Å². The third kappa shape index (κ3) is 4.27. The number of fused-ring (bicyclic) bond motifs is 1. The quantitative estimate of drug-likeness (QED) is 0.807. The molecular weight excluding hydrogens is 368 g/mol. The Balaban J connectivity index is 1.71. The van der Waals surface area contributed by atoms with E-state index in [9.17, 15) is 10.2 Å². The summed E-state index contributed by atoms with van der Waals surface area (Å²) in [5.41, 5.74) is 5.72. The van der Waals surface area contributed by atoms with Crippen molar-refractivity contribution in [2.75, 3.05) is 19.8 Å². The van der Waals surface area contributed by atoms with Gasteiger partial charge in [0.25, 0.3) is 0 Å². The van der Waals surface area contributed by atoms with Crippen LogP contribution in [0.3, 0.4) is 0 Å². The van der Waals surface area contributed by atoms with E-state index in [1.165, 1.54) is 11.1 Å². The first-order valence-corrected chi connectivity index (χ1v) is 10.5. The number of aryl methyl sites for hydroxylation is 1. The molecular formula is C24H30O5. The number of ether oxygens (including phenoxy) is 3. The average Bonchev–Trinajstić information content (AvgIpc) is 2.75. The fourth-order valence-electron chi connectivity index (χ4n) is 4.26. The summed E-state index contributed by atoms with van der Waals surface area (Å²) < 4.78 is 18.1. The minimum atomic E-state index is -0.502. The van der Waals surface area contributed by atoms with Crippen LogP contribution in [-0.4, -0.2) is 42.2 Å². The Morgan fingerprint density at radius 3 is 2.38 bits per heavy atom. The number of rotatable bonds is 5. The molecule has 1 saturated heterocycles. The second-order valence-electron chi connectivity index (χ2n) is 8.01. The molecule has 5 nitrogen and oxygen atoms in total. The van der Waals surface area contributed by atoms with Gasteiger partial charge in [0.05, 0.1) is 24.9 Å². The molecule has 1 fully saturated rings. The zero-order chi connectivity index (χ0) is 20.4. The Kier molecular flexibility index (Phi) is 6.09. The van der Waals surface area contributed by atoms with Gasteiger partial charge in [-0.15, -0.1) is 0 Å². The highest BCUT2D eigenvalue weighted by Crippen LogP contribution is 2.45. The molecule has 3 unspecified atom stereocenters. The number of aliphatic hydroxyl groups is 2. The van der Waals surface area contributed by atoms with Gasteiger partial charge in [-0.2, -0.15) is 0 Å². The van der Waals surface area contributed by atoms with E-state index in [1.807, 2.05) is 0 Å². The Morgan fingerprint density at radius 2 is 1.69 bits per heavy atom. The van der Waals surface area contributed by atoms with Crippen LogP contribution in [0.25, 0.3) is 0 Å². The molecule has 3 atom stereocenters. The van der Waals surface area contributed by atoms with Crippen molar-refractivity contribution in [3.05, 3.63) is 58.1 Å². The lowest BCUT2D eigenvalue weighted by Gasteiger charge is -2.35. The van der Waals surface area contributed by atoms with E-state index in [0.29, 0.717) is 26.1 Å². The van der Waals surface area contributed by atoms with Crippen LogP contribution in [0.5, 0.6) is 11.5 Å². The van der Waals surface area contributed by atoms with Crippen LogP contribution in [0.2, 0.25) is 0 Å². The monoisotopic (exact) mass is 398 g/mol. The molecule has 2 aromatic carbocycles. The van der Waals surface area contributed by atoms with Crippen molar-refractivity contribution in [1.82, 2.24) is 0 Å². The summed E-state index contributed by atoms with van der Waals surface area (Å²) in [7, 11) is 0. The van der Waals surface area contributed by atoms with Gasteiger partial charge in [-0.3, -0.25) is 0 Å². The summed E-state index contributed by atoms with van der Waals surface area (Å²) in [5, 5.41) is 19.8. The topological polar surface area (TPSA) is 68.2 Å². The fourth-order valence-corrected chi connectivity index (χ4v) is 4.26. The average molecular weight is 398 g/mol. The summed E-state index contributed by atoms with van der Waals surface area (Å²) in [5.74, 6) is 1.49. The van der Waals surface area contributed by atoms with E-state index in [1.54, 1.807) is 0 Å². The molecule has 0 amide bonds. The van der Waals surface area contributed by atoms with Crippen LogP contribution in [0.15, 0.2) is 30.3 Å². The molecule has 2 heterocycles. The van der Waals surface area contributed by atoms with E-state index in [-0.39, 0.29) is 18.8 Å². The van der Waals surface area contributed by atoms with E-state index >= 15 is 0 Å². The maximum absolute atomic E-state index is 10.3. The predicted molar refractivity (Wildman–Crippen MR) is 111 cm³/mol. The predicted octanol–water partition coefficient (Wildman–Crippen LogP) is 3.49. The van der Waals surface area contributed by atoms with Gasteiger partial charge in [-0.05, 0) is 48.1 Å². The van der Waals surface area contributed by atoms with Gasteiger partial charge < -0.3 is 24.4 Å². The lowest BCUT2D eigenvalue weighted by atomic mass is 9.90. The second kappa shape index (κ2) is 8.74. The first-order chi connectivity index (χ1) is 14.1. The number of benzene rings is 2. The van der Waals surface area contributed by atoms with Crippen molar-refractivity contribution in [2.45, 2.75) is 57.8 Å². The Bertz CT molecular complexity index is 845. The van der Waals surface area contributed by atoms with E-state index < -0.39 is 6.10 Å².